The Hall–Kier alpha value is -1.21. The van der Waals surface area contributed by atoms with E-state index in [4.69, 9.17) is 39.6 Å². The lowest BCUT2D eigenvalue weighted by molar-refractivity contribution is -0.150. The summed E-state index contributed by atoms with van der Waals surface area (Å²) in [7, 11) is 0. The summed E-state index contributed by atoms with van der Waals surface area (Å²) < 4.78 is 37.3. The van der Waals surface area contributed by atoms with Gasteiger partial charge in [0, 0.05) is 0 Å². The van der Waals surface area contributed by atoms with Crippen LogP contribution in [-0.4, -0.2) is 91.9 Å². The summed E-state index contributed by atoms with van der Waals surface area (Å²) >= 11 is 0. The fourth-order valence-electron chi connectivity index (χ4n) is 2.49. The van der Waals surface area contributed by atoms with Crippen LogP contribution in [0.25, 0.3) is 0 Å². The molecule has 0 aromatic heterocycles. The van der Waals surface area contributed by atoms with E-state index >= 15 is 0 Å². The predicted molar refractivity (Wildman–Crippen MR) is 118 cm³/mol. The van der Waals surface area contributed by atoms with Gasteiger partial charge in [0.15, 0.2) is 0 Å². The van der Waals surface area contributed by atoms with E-state index in [-0.39, 0.29) is 18.5 Å². The van der Waals surface area contributed by atoms with E-state index in [1.54, 1.807) is 0 Å². The molecule has 31 heavy (non-hydrogen) atoms. The molecular formula is C23H42O8. The summed E-state index contributed by atoms with van der Waals surface area (Å²) in [5.74, 6) is 2.28. The molecule has 1 atom stereocenters. The van der Waals surface area contributed by atoms with Crippen LogP contribution in [0.1, 0.15) is 39.5 Å². The number of hydrogen-bond acceptors (Lipinski definition) is 8. The minimum atomic E-state index is -0.116. The highest BCUT2D eigenvalue weighted by atomic mass is 16.6. The third-order valence-corrected chi connectivity index (χ3v) is 4.25. The highest BCUT2D eigenvalue weighted by Crippen LogP contribution is 2.14. The first-order valence-electron chi connectivity index (χ1n) is 11.3. The highest BCUT2D eigenvalue weighted by molar-refractivity contribution is 5.72. The van der Waals surface area contributed by atoms with Gasteiger partial charge in [0.25, 0.3) is 0 Å². The molecule has 0 aromatic rings. The molecule has 0 spiro atoms. The smallest absolute Gasteiger partial charge is 0.308 e. The number of unbranched alkanes of at least 4 members (excludes halogenated alkanes) is 1. The second-order valence-electron chi connectivity index (χ2n) is 6.73. The van der Waals surface area contributed by atoms with Gasteiger partial charge in [-0.2, -0.15) is 0 Å². The van der Waals surface area contributed by atoms with Crippen LogP contribution < -0.4 is 0 Å². The Labute approximate surface area is 188 Å². The molecular weight excluding hydrogens is 404 g/mol. The Kier molecular flexibility index (Phi) is 24.1. The Balaban J connectivity index is 3.22. The average Bonchev–Trinajstić information content (AvgIpc) is 2.78. The third-order valence-electron chi connectivity index (χ3n) is 4.25. The molecule has 0 aliphatic carbocycles. The molecule has 0 radical (unpaired) electrons. The number of hydrogen-bond donors (Lipinski definition) is 0. The molecule has 0 saturated heterocycles. The first-order valence-corrected chi connectivity index (χ1v) is 11.3. The monoisotopic (exact) mass is 446 g/mol. The van der Waals surface area contributed by atoms with Crippen molar-refractivity contribution in [2.24, 2.45) is 5.92 Å². The summed E-state index contributed by atoms with van der Waals surface area (Å²) in [5.41, 5.74) is 0. The normalized spacial score (nSPS) is 11.9. The van der Waals surface area contributed by atoms with E-state index in [0.717, 1.165) is 25.7 Å². The van der Waals surface area contributed by atoms with Crippen LogP contribution in [0.15, 0.2) is 0 Å². The van der Waals surface area contributed by atoms with E-state index in [1.165, 1.54) is 0 Å². The third kappa shape index (κ3) is 21.8. The molecule has 0 heterocycles. The summed E-state index contributed by atoms with van der Waals surface area (Å²) in [5, 5.41) is 0. The van der Waals surface area contributed by atoms with Gasteiger partial charge in [-0.05, 0) is 12.8 Å². The first kappa shape index (κ1) is 29.8. The maximum Gasteiger partial charge on any atom is 0.308 e. The molecule has 8 nitrogen and oxygen atoms in total. The number of carbonyl (C=O) groups excluding carboxylic acids is 1. The van der Waals surface area contributed by atoms with Gasteiger partial charge < -0.3 is 33.2 Å². The van der Waals surface area contributed by atoms with E-state index in [1.807, 2.05) is 6.92 Å². The van der Waals surface area contributed by atoms with Crippen molar-refractivity contribution >= 4 is 5.97 Å². The quantitative estimate of drug-likeness (QED) is 0.127. The van der Waals surface area contributed by atoms with Crippen molar-refractivity contribution in [3.05, 3.63) is 0 Å². The summed E-state index contributed by atoms with van der Waals surface area (Å²) in [4.78, 5) is 11.9. The number of rotatable bonds is 24. The Morgan fingerprint density at radius 3 is 1.52 bits per heavy atom. The first-order chi connectivity index (χ1) is 15.3. The lowest BCUT2D eigenvalue weighted by atomic mass is 10.00. The molecule has 1 unspecified atom stereocenters. The van der Waals surface area contributed by atoms with Crippen LogP contribution in [0.3, 0.4) is 0 Å². The zero-order chi connectivity index (χ0) is 22.8. The molecule has 0 saturated carbocycles. The van der Waals surface area contributed by atoms with Crippen molar-refractivity contribution in [2.75, 3.05) is 85.9 Å². The highest BCUT2D eigenvalue weighted by Gasteiger charge is 2.16. The fourth-order valence-corrected chi connectivity index (χ4v) is 2.49. The van der Waals surface area contributed by atoms with Gasteiger partial charge in [0.2, 0.25) is 0 Å². The van der Waals surface area contributed by atoms with Gasteiger partial charge in [0.1, 0.15) is 13.2 Å². The van der Waals surface area contributed by atoms with Crippen molar-refractivity contribution in [2.45, 2.75) is 39.5 Å². The average molecular weight is 447 g/mol. The van der Waals surface area contributed by atoms with Gasteiger partial charge in [-0.25, -0.2) is 0 Å². The van der Waals surface area contributed by atoms with Crippen LogP contribution >= 0.6 is 0 Å². The number of esters is 1. The van der Waals surface area contributed by atoms with E-state index in [9.17, 15) is 4.79 Å². The molecule has 0 aliphatic heterocycles. The van der Waals surface area contributed by atoms with E-state index in [2.05, 4.69) is 12.8 Å². The van der Waals surface area contributed by atoms with E-state index in [0.29, 0.717) is 79.3 Å². The molecule has 182 valence electrons. The second kappa shape index (κ2) is 25.1. The lowest BCUT2D eigenvalue weighted by Crippen LogP contribution is -2.20. The number of ether oxygens (including phenoxy) is 7. The van der Waals surface area contributed by atoms with Gasteiger partial charge in [-0.3, -0.25) is 4.79 Å². The summed E-state index contributed by atoms with van der Waals surface area (Å²) in [6.07, 6.45) is 8.92. The zero-order valence-corrected chi connectivity index (χ0v) is 19.4. The maximum absolute atomic E-state index is 11.9. The van der Waals surface area contributed by atoms with Gasteiger partial charge in [-0.1, -0.05) is 32.6 Å². The van der Waals surface area contributed by atoms with Gasteiger partial charge in [-0.15, -0.1) is 6.42 Å². The van der Waals surface area contributed by atoms with Gasteiger partial charge in [0.05, 0.1) is 78.6 Å². The zero-order valence-electron chi connectivity index (χ0n) is 19.4. The molecule has 0 aliphatic rings. The molecule has 0 N–H and O–H groups in total. The summed E-state index contributed by atoms with van der Waals surface area (Å²) in [6, 6.07) is 0. The van der Waals surface area contributed by atoms with Crippen molar-refractivity contribution in [3.63, 3.8) is 0 Å². The van der Waals surface area contributed by atoms with Crippen LogP contribution in [0.2, 0.25) is 0 Å². The van der Waals surface area contributed by atoms with Crippen molar-refractivity contribution in [1.82, 2.24) is 0 Å². The Morgan fingerprint density at radius 1 is 0.710 bits per heavy atom. The van der Waals surface area contributed by atoms with Crippen LogP contribution in [0.4, 0.5) is 0 Å². The van der Waals surface area contributed by atoms with Crippen molar-refractivity contribution < 1.29 is 38.0 Å². The maximum atomic E-state index is 11.9. The minimum absolute atomic E-state index is 0.00616. The second-order valence-corrected chi connectivity index (χ2v) is 6.73. The molecule has 0 rings (SSSR count). The Morgan fingerprint density at radius 2 is 1.13 bits per heavy atom. The molecule has 0 bridgehead atoms. The molecule has 8 heteroatoms. The molecule has 0 fully saturated rings. The fraction of sp³-hybridized carbons (Fsp3) is 0.870. The number of terminal acetylenes is 1. The molecule has 0 amide bonds. The lowest BCUT2D eigenvalue weighted by Gasteiger charge is -2.13. The SMILES string of the molecule is C#CCOCCOCCOCCOCCOCCOCCOC(=O)C(CC)CCCC. The number of carbonyl (C=O) groups is 1. The topological polar surface area (TPSA) is 81.7 Å². The predicted octanol–water partition coefficient (Wildman–Crippen LogP) is 2.48. The van der Waals surface area contributed by atoms with Gasteiger partial charge >= 0.3 is 5.97 Å². The minimum Gasteiger partial charge on any atom is -0.463 e. The van der Waals surface area contributed by atoms with Crippen LogP contribution in [-0.2, 0) is 38.0 Å². The standard InChI is InChI=1S/C23H42O8/c1-4-7-8-22(6-3)23(24)31-21-20-30-19-18-29-17-16-28-15-14-27-13-12-26-11-10-25-9-5-2/h2,22H,4,6-21H2,1,3H3. The molecule has 0 aromatic carbocycles. The van der Waals surface area contributed by atoms with E-state index < -0.39 is 0 Å². The van der Waals surface area contributed by atoms with Crippen molar-refractivity contribution in [1.29, 1.82) is 0 Å². The van der Waals surface area contributed by atoms with Crippen molar-refractivity contribution in [3.8, 4) is 12.3 Å². The largest absolute Gasteiger partial charge is 0.463 e. The Bertz CT molecular complexity index is 424. The van der Waals surface area contributed by atoms with Crippen LogP contribution in [0.5, 0.6) is 0 Å². The summed E-state index contributed by atoms with van der Waals surface area (Å²) in [6.45, 7) is 10.1. The van der Waals surface area contributed by atoms with Crippen LogP contribution in [0, 0.1) is 18.3 Å².